The standard InChI is InChI=1S/C21H28O5Si/c1-6-27(7-2,8-3)26-20-17(21(23)25-5)14-16-11-9-10-15(19(16)20)12-13-18(22)24-4/h9-13H,6-8,14H2,1-5H3/b13-12+. The molecular weight excluding hydrogens is 360 g/mol. The Labute approximate surface area is 162 Å². The van der Waals surface area contributed by atoms with Crippen molar-refractivity contribution in [1.82, 2.24) is 0 Å². The number of carbonyl (C=O) groups excluding carboxylic acids is 2. The second kappa shape index (κ2) is 9.04. The molecule has 0 amide bonds. The van der Waals surface area contributed by atoms with E-state index in [0.29, 0.717) is 17.8 Å². The average Bonchev–Trinajstić information content (AvgIpc) is 3.08. The molecule has 0 saturated carbocycles. The summed E-state index contributed by atoms with van der Waals surface area (Å²) in [4.78, 5) is 24.0. The summed E-state index contributed by atoms with van der Waals surface area (Å²) in [7, 11) is 0.723. The highest BCUT2D eigenvalue weighted by Crippen LogP contribution is 2.40. The van der Waals surface area contributed by atoms with Crippen LogP contribution in [0.4, 0.5) is 0 Å². The van der Waals surface area contributed by atoms with Gasteiger partial charge < -0.3 is 13.9 Å². The van der Waals surface area contributed by atoms with E-state index in [2.05, 4.69) is 20.8 Å². The highest BCUT2D eigenvalue weighted by Gasteiger charge is 2.37. The Bertz CT molecular complexity index is 767. The fraction of sp³-hybridized carbons (Fsp3) is 0.429. The van der Waals surface area contributed by atoms with Gasteiger partial charge in [-0.1, -0.05) is 39.0 Å². The van der Waals surface area contributed by atoms with Crippen LogP contribution >= 0.6 is 0 Å². The lowest BCUT2D eigenvalue weighted by Crippen LogP contribution is -2.35. The Morgan fingerprint density at radius 2 is 1.74 bits per heavy atom. The van der Waals surface area contributed by atoms with Gasteiger partial charge in [0.25, 0.3) is 8.32 Å². The van der Waals surface area contributed by atoms with Crippen molar-refractivity contribution in [2.75, 3.05) is 14.2 Å². The molecule has 0 aliphatic heterocycles. The molecule has 0 unspecified atom stereocenters. The molecule has 1 aromatic rings. The molecule has 0 aromatic heterocycles. The van der Waals surface area contributed by atoms with E-state index in [1.54, 1.807) is 6.08 Å². The zero-order chi connectivity index (χ0) is 20.0. The van der Waals surface area contributed by atoms with Crippen LogP contribution in [0.25, 0.3) is 11.8 Å². The normalized spacial score (nSPS) is 13.7. The molecular formula is C21H28O5Si. The van der Waals surface area contributed by atoms with E-state index in [9.17, 15) is 9.59 Å². The molecule has 0 atom stereocenters. The molecule has 0 spiro atoms. The maximum absolute atomic E-state index is 12.4. The molecule has 0 N–H and O–H groups in total. The first-order valence-electron chi connectivity index (χ1n) is 9.34. The molecule has 0 saturated heterocycles. The Kier molecular flexibility index (Phi) is 7.02. The van der Waals surface area contributed by atoms with E-state index in [0.717, 1.165) is 34.8 Å². The van der Waals surface area contributed by atoms with Gasteiger partial charge in [-0.05, 0) is 35.3 Å². The molecule has 27 heavy (non-hydrogen) atoms. The van der Waals surface area contributed by atoms with E-state index in [4.69, 9.17) is 13.9 Å². The summed E-state index contributed by atoms with van der Waals surface area (Å²) in [6.07, 6.45) is 3.56. The van der Waals surface area contributed by atoms with Crippen molar-refractivity contribution in [2.24, 2.45) is 0 Å². The summed E-state index contributed by atoms with van der Waals surface area (Å²) < 4.78 is 16.4. The predicted octanol–water partition coefficient (Wildman–Crippen LogP) is 4.33. The predicted molar refractivity (Wildman–Crippen MR) is 108 cm³/mol. The second-order valence-electron chi connectivity index (χ2n) is 6.56. The van der Waals surface area contributed by atoms with Crippen molar-refractivity contribution in [3.05, 3.63) is 46.5 Å². The van der Waals surface area contributed by atoms with Crippen molar-refractivity contribution in [3.8, 4) is 0 Å². The summed E-state index contributed by atoms with van der Waals surface area (Å²) in [5, 5.41) is 0. The average molecular weight is 389 g/mol. The molecule has 6 heteroatoms. The fourth-order valence-corrected chi connectivity index (χ4v) is 6.01. The smallest absolute Gasteiger partial charge is 0.337 e. The molecule has 146 valence electrons. The number of fused-ring (bicyclic) bond motifs is 1. The van der Waals surface area contributed by atoms with E-state index >= 15 is 0 Å². The van der Waals surface area contributed by atoms with Crippen LogP contribution in [0.1, 0.15) is 37.5 Å². The van der Waals surface area contributed by atoms with E-state index in [1.165, 1.54) is 20.3 Å². The van der Waals surface area contributed by atoms with Crippen LogP contribution < -0.4 is 0 Å². The zero-order valence-corrected chi connectivity index (χ0v) is 17.8. The second-order valence-corrected chi connectivity index (χ2v) is 11.3. The van der Waals surface area contributed by atoms with Gasteiger partial charge in [-0.3, -0.25) is 0 Å². The van der Waals surface area contributed by atoms with E-state index in [-0.39, 0.29) is 5.97 Å². The minimum absolute atomic E-state index is 0.365. The van der Waals surface area contributed by atoms with Gasteiger partial charge >= 0.3 is 11.9 Å². The van der Waals surface area contributed by atoms with E-state index < -0.39 is 14.3 Å². The third-order valence-electron chi connectivity index (χ3n) is 5.33. The van der Waals surface area contributed by atoms with Crippen LogP contribution in [0.15, 0.2) is 29.8 Å². The first-order chi connectivity index (χ1) is 12.9. The van der Waals surface area contributed by atoms with Crippen molar-refractivity contribution >= 4 is 32.1 Å². The van der Waals surface area contributed by atoms with Crippen molar-refractivity contribution in [3.63, 3.8) is 0 Å². The topological polar surface area (TPSA) is 61.8 Å². The third-order valence-corrected chi connectivity index (χ3v) is 9.84. The molecule has 1 aliphatic carbocycles. The molecule has 0 fully saturated rings. The highest BCUT2D eigenvalue weighted by atomic mass is 28.4. The number of ether oxygens (including phenoxy) is 2. The minimum atomic E-state index is -2.01. The molecule has 0 bridgehead atoms. The van der Waals surface area contributed by atoms with Crippen LogP contribution in [0.3, 0.4) is 0 Å². The highest BCUT2D eigenvalue weighted by molar-refractivity contribution is 6.74. The molecule has 0 heterocycles. The first kappa shape index (κ1) is 21.0. The largest absolute Gasteiger partial charge is 0.543 e. The number of rotatable bonds is 8. The Morgan fingerprint density at radius 1 is 1.07 bits per heavy atom. The first-order valence-corrected chi connectivity index (χ1v) is 11.9. The summed E-state index contributed by atoms with van der Waals surface area (Å²) in [6.45, 7) is 6.45. The lowest BCUT2D eigenvalue weighted by atomic mass is 10.0. The lowest BCUT2D eigenvalue weighted by molar-refractivity contribution is -0.136. The molecule has 1 aromatic carbocycles. The zero-order valence-electron chi connectivity index (χ0n) is 16.8. The van der Waals surface area contributed by atoms with Gasteiger partial charge in [-0.15, -0.1) is 0 Å². The van der Waals surface area contributed by atoms with Gasteiger partial charge in [0, 0.05) is 18.1 Å². The molecule has 1 aliphatic rings. The number of hydrogen-bond donors (Lipinski definition) is 0. The number of esters is 2. The fourth-order valence-electron chi connectivity index (χ4n) is 3.41. The van der Waals surface area contributed by atoms with Gasteiger partial charge in [0.15, 0.2) is 0 Å². The summed E-state index contributed by atoms with van der Waals surface area (Å²) in [6, 6.07) is 8.71. The quantitative estimate of drug-likeness (QED) is 0.377. The lowest BCUT2D eigenvalue weighted by Gasteiger charge is -2.31. The maximum Gasteiger partial charge on any atom is 0.337 e. The van der Waals surface area contributed by atoms with Gasteiger partial charge in [0.2, 0.25) is 0 Å². The van der Waals surface area contributed by atoms with Crippen molar-refractivity contribution in [2.45, 2.75) is 45.3 Å². The monoisotopic (exact) mass is 388 g/mol. The Balaban J connectivity index is 2.59. The van der Waals surface area contributed by atoms with Crippen LogP contribution in [-0.4, -0.2) is 34.5 Å². The van der Waals surface area contributed by atoms with Gasteiger partial charge in [-0.25, -0.2) is 9.59 Å². The summed E-state index contributed by atoms with van der Waals surface area (Å²) in [5.74, 6) is -0.167. The minimum Gasteiger partial charge on any atom is -0.543 e. The maximum atomic E-state index is 12.4. The van der Waals surface area contributed by atoms with Crippen LogP contribution in [0, 0.1) is 0 Å². The summed E-state index contributed by atoms with van der Waals surface area (Å²) in [5.41, 5.74) is 3.27. The van der Waals surface area contributed by atoms with Gasteiger partial charge in [0.05, 0.1) is 19.8 Å². The Hall–Kier alpha value is -2.34. The van der Waals surface area contributed by atoms with Crippen LogP contribution in [-0.2, 0) is 29.9 Å². The number of carbonyl (C=O) groups is 2. The third kappa shape index (κ3) is 4.32. The van der Waals surface area contributed by atoms with Gasteiger partial charge in [0.1, 0.15) is 5.76 Å². The van der Waals surface area contributed by atoms with E-state index in [1.807, 2.05) is 18.2 Å². The van der Waals surface area contributed by atoms with Gasteiger partial charge in [-0.2, -0.15) is 0 Å². The number of hydrogen-bond acceptors (Lipinski definition) is 5. The van der Waals surface area contributed by atoms with Crippen LogP contribution in [0.5, 0.6) is 0 Å². The SMILES string of the molecule is CC[Si](CC)(CC)OC1=C(C(=O)OC)Cc2cccc(/C=C/C(=O)OC)c21. The number of methoxy groups -OCH3 is 2. The molecule has 0 radical (unpaired) electrons. The van der Waals surface area contributed by atoms with Crippen LogP contribution in [0.2, 0.25) is 18.1 Å². The van der Waals surface area contributed by atoms with Crippen molar-refractivity contribution < 1.29 is 23.5 Å². The Morgan fingerprint density at radius 3 is 2.30 bits per heavy atom. The number of benzene rings is 1. The summed E-state index contributed by atoms with van der Waals surface area (Å²) >= 11 is 0. The molecule has 2 rings (SSSR count). The van der Waals surface area contributed by atoms with Crippen molar-refractivity contribution in [1.29, 1.82) is 0 Å². The molecule has 5 nitrogen and oxygen atoms in total.